The van der Waals surface area contributed by atoms with Crippen LogP contribution in [0.2, 0.25) is 0 Å². The number of para-hydroxylation sites is 1. The predicted molar refractivity (Wildman–Crippen MR) is 65.7 cm³/mol. The average Bonchev–Trinajstić information content (AvgIpc) is 2.28. The van der Waals surface area contributed by atoms with E-state index in [4.69, 9.17) is 0 Å². The van der Waals surface area contributed by atoms with Crippen LogP contribution in [0.5, 0.6) is 0 Å². The minimum atomic E-state index is 0.0153. The van der Waals surface area contributed by atoms with Gasteiger partial charge in [0.1, 0.15) is 0 Å². The van der Waals surface area contributed by atoms with Gasteiger partial charge >= 0.3 is 6.03 Å². The first kappa shape index (κ1) is 11.0. The summed E-state index contributed by atoms with van der Waals surface area (Å²) >= 11 is 0. The molecule has 0 fully saturated rings. The lowest BCUT2D eigenvalue weighted by Crippen LogP contribution is -2.45. The van der Waals surface area contributed by atoms with E-state index in [1.54, 1.807) is 0 Å². The molecule has 3 nitrogen and oxygen atoms in total. The van der Waals surface area contributed by atoms with Gasteiger partial charge in [0, 0.05) is 18.8 Å². The zero-order valence-corrected chi connectivity index (χ0v) is 9.86. The van der Waals surface area contributed by atoms with Crippen molar-refractivity contribution in [3.63, 3.8) is 0 Å². The fraction of sp³-hybridized carbons (Fsp3) is 0.462. The molecule has 0 unspecified atom stereocenters. The van der Waals surface area contributed by atoms with Crippen molar-refractivity contribution in [1.82, 2.24) is 5.32 Å². The van der Waals surface area contributed by atoms with E-state index in [0.717, 1.165) is 18.7 Å². The van der Waals surface area contributed by atoms with E-state index >= 15 is 0 Å². The third-order valence-corrected chi connectivity index (χ3v) is 2.92. The maximum Gasteiger partial charge on any atom is 0.321 e. The van der Waals surface area contributed by atoms with E-state index < -0.39 is 0 Å². The molecular weight excluding hydrogens is 200 g/mol. The highest BCUT2D eigenvalue weighted by Gasteiger charge is 2.25. The molecule has 1 aliphatic rings. The minimum Gasteiger partial charge on any atom is -0.338 e. The molecule has 16 heavy (non-hydrogen) atoms. The molecule has 0 spiro atoms. The number of urea groups is 1. The van der Waals surface area contributed by atoms with Crippen LogP contribution in [-0.2, 0) is 6.42 Å². The van der Waals surface area contributed by atoms with E-state index in [2.05, 4.69) is 18.3 Å². The van der Waals surface area contributed by atoms with Crippen LogP contribution in [0.15, 0.2) is 24.3 Å². The second-order valence-corrected chi connectivity index (χ2v) is 4.38. The van der Waals surface area contributed by atoms with Crippen molar-refractivity contribution >= 4 is 11.7 Å². The third-order valence-electron chi connectivity index (χ3n) is 2.92. The standard InChI is InChI=1S/C13H18N2O/c1-3-14-13(16)15-9-10(2)8-11-6-4-5-7-12(11)15/h4-7,10H,3,8-9H2,1-2H3,(H,14,16)/t10-/m1/s1. The number of amides is 2. The summed E-state index contributed by atoms with van der Waals surface area (Å²) in [4.78, 5) is 13.8. The van der Waals surface area contributed by atoms with Crippen LogP contribution in [0.25, 0.3) is 0 Å². The number of hydrogen-bond acceptors (Lipinski definition) is 1. The quantitative estimate of drug-likeness (QED) is 0.771. The second-order valence-electron chi connectivity index (χ2n) is 4.38. The molecule has 1 N–H and O–H groups in total. The maximum absolute atomic E-state index is 11.9. The molecule has 2 amide bonds. The van der Waals surface area contributed by atoms with Crippen LogP contribution in [0.3, 0.4) is 0 Å². The van der Waals surface area contributed by atoms with E-state index in [9.17, 15) is 4.79 Å². The van der Waals surface area contributed by atoms with Gasteiger partial charge in [0.15, 0.2) is 0 Å². The average molecular weight is 218 g/mol. The molecule has 0 saturated heterocycles. The Balaban J connectivity index is 2.30. The Morgan fingerprint density at radius 2 is 2.25 bits per heavy atom. The van der Waals surface area contributed by atoms with Gasteiger partial charge in [-0.15, -0.1) is 0 Å². The zero-order chi connectivity index (χ0) is 11.5. The molecule has 1 aromatic carbocycles. The summed E-state index contributed by atoms with van der Waals surface area (Å²) in [6, 6.07) is 8.17. The molecule has 1 aliphatic heterocycles. The fourth-order valence-corrected chi connectivity index (χ4v) is 2.24. The lowest BCUT2D eigenvalue weighted by atomic mass is 9.94. The largest absolute Gasteiger partial charge is 0.338 e. The molecule has 0 radical (unpaired) electrons. The van der Waals surface area contributed by atoms with Gasteiger partial charge in [-0.25, -0.2) is 4.79 Å². The number of nitrogens with one attached hydrogen (secondary N) is 1. The van der Waals surface area contributed by atoms with E-state index in [1.165, 1.54) is 5.56 Å². The number of carbonyl (C=O) groups excluding carboxylic acids is 1. The Hall–Kier alpha value is -1.51. The van der Waals surface area contributed by atoms with Crippen LogP contribution >= 0.6 is 0 Å². The lowest BCUT2D eigenvalue weighted by molar-refractivity contribution is 0.245. The van der Waals surface area contributed by atoms with Crippen molar-refractivity contribution in [1.29, 1.82) is 0 Å². The monoisotopic (exact) mass is 218 g/mol. The van der Waals surface area contributed by atoms with E-state index in [-0.39, 0.29) is 6.03 Å². The number of hydrogen-bond donors (Lipinski definition) is 1. The first-order valence-corrected chi connectivity index (χ1v) is 5.85. The molecule has 1 atom stereocenters. The van der Waals surface area contributed by atoms with Crippen LogP contribution in [0.4, 0.5) is 10.5 Å². The van der Waals surface area contributed by atoms with Gasteiger partial charge in [-0.2, -0.15) is 0 Å². The van der Waals surface area contributed by atoms with Crippen molar-refractivity contribution in [2.75, 3.05) is 18.0 Å². The highest BCUT2D eigenvalue weighted by atomic mass is 16.2. The highest BCUT2D eigenvalue weighted by molar-refractivity contribution is 5.93. The fourth-order valence-electron chi connectivity index (χ4n) is 2.24. The molecule has 0 aromatic heterocycles. The molecule has 3 heteroatoms. The van der Waals surface area contributed by atoms with Gasteiger partial charge in [0.2, 0.25) is 0 Å². The molecule has 86 valence electrons. The third kappa shape index (κ3) is 2.03. The van der Waals surface area contributed by atoms with Gasteiger partial charge < -0.3 is 5.32 Å². The number of benzene rings is 1. The Morgan fingerprint density at radius 1 is 1.50 bits per heavy atom. The smallest absolute Gasteiger partial charge is 0.321 e. The van der Waals surface area contributed by atoms with Gasteiger partial charge in [-0.1, -0.05) is 25.1 Å². The summed E-state index contributed by atoms with van der Waals surface area (Å²) in [5.74, 6) is 0.525. The Morgan fingerprint density at radius 3 is 3.00 bits per heavy atom. The Kier molecular flexibility index (Phi) is 3.13. The predicted octanol–water partition coefficient (Wildman–Crippen LogP) is 2.41. The molecule has 0 saturated carbocycles. The van der Waals surface area contributed by atoms with Gasteiger partial charge in [0.05, 0.1) is 0 Å². The first-order chi connectivity index (χ1) is 7.72. The van der Waals surface area contributed by atoms with E-state index in [0.29, 0.717) is 12.5 Å². The molecule has 1 heterocycles. The van der Waals surface area contributed by atoms with Gasteiger partial charge in [-0.3, -0.25) is 4.90 Å². The van der Waals surface area contributed by atoms with Crippen molar-refractivity contribution < 1.29 is 4.79 Å². The molecule has 2 rings (SSSR count). The number of fused-ring (bicyclic) bond motifs is 1. The summed E-state index contributed by atoms with van der Waals surface area (Å²) in [6.07, 6.45) is 1.06. The topological polar surface area (TPSA) is 32.3 Å². The molecular formula is C13H18N2O. The van der Waals surface area contributed by atoms with E-state index in [1.807, 2.05) is 30.0 Å². The van der Waals surface area contributed by atoms with Crippen LogP contribution in [0.1, 0.15) is 19.4 Å². The second kappa shape index (κ2) is 4.56. The summed E-state index contributed by atoms with van der Waals surface area (Å²) in [6.45, 7) is 5.61. The van der Waals surface area contributed by atoms with Crippen LogP contribution in [-0.4, -0.2) is 19.1 Å². The number of anilines is 1. The Labute approximate surface area is 96.5 Å². The maximum atomic E-state index is 11.9. The van der Waals surface area contributed by atoms with Crippen molar-refractivity contribution in [3.05, 3.63) is 29.8 Å². The molecule has 0 aliphatic carbocycles. The molecule has 0 bridgehead atoms. The highest BCUT2D eigenvalue weighted by Crippen LogP contribution is 2.29. The van der Waals surface area contributed by atoms with Crippen molar-refractivity contribution in [2.24, 2.45) is 5.92 Å². The summed E-state index contributed by atoms with van der Waals surface area (Å²) < 4.78 is 0. The summed E-state index contributed by atoms with van der Waals surface area (Å²) in [7, 11) is 0. The minimum absolute atomic E-state index is 0.0153. The summed E-state index contributed by atoms with van der Waals surface area (Å²) in [5, 5.41) is 2.86. The number of carbonyl (C=O) groups is 1. The Bertz CT molecular complexity index is 389. The lowest BCUT2D eigenvalue weighted by Gasteiger charge is -2.33. The van der Waals surface area contributed by atoms with Gasteiger partial charge in [0.25, 0.3) is 0 Å². The van der Waals surface area contributed by atoms with Crippen LogP contribution < -0.4 is 10.2 Å². The van der Waals surface area contributed by atoms with Crippen LogP contribution in [0, 0.1) is 5.92 Å². The summed E-state index contributed by atoms with van der Waals surface area (Å²) in [5.41, 5.74) is 2.33. The number of rotatable bonds is 1. The van der Waals surface area contributed by atoms with Gasteiger partial charge in [-0.05, 0) is 30.9 Å². The number of nitrogens with zero attached hydrogens (tertiary/aromatic N) is 1. The van der Waals surface area contributed by atoms with Crippen molar-refractivity contribution in [2.45, 2.75) is 20.3 Å². The molecule has 1 aromatic rings. The van der Waals surface area contributed by atoms with Crippen molar-refractivity contribution in [3.8, 4) is 0 Å². The normalized spacial score (nSPS) is 19.1. The zero-order valence-electron chi connectivity index (χ0n) is 9.86. The SMILES string of the molecule is CCNC(=O)N1C[C@H](C)Cc2ccccc21. The first-order valence-electron chi connectivity index (χ1n) is 5.85.